The molecule has 54 valence electrons. The van der Waals surface area contributed by atoms with Gasteiger partial charge in [0.2, 0.25) is 0 Å². The van der Waals surface area contributed by atoms with E-state index in [0.29, 0.717) is 0 Å². The molecule has 0 spiro atoms. The summed E-state index contributed by atoms with van der Waals surface area (Å²) in [5.41, 5.74) is 0. The molecule has 9 heavy (non-hydrogen) atoms. The normalized spacial score (nSPS) is 12.1. The molecular formula is C3H8O4PS+. The van der Waals surface area contributed by atoms with E-state index in [-0.39, 0.29) is 12.4 Å². The van der Waals surface area contributed by atoms with Crippen molar-refractivity contribution in [1.29, 1.82) is 0 Å². The van der Waals surface area contributed by atoms with E-state index in [1.807, 2.05) is 0 Å². The molecule has 0 aromatic heterocycles. The molecule has 0 aromatic rings. The minimum Gasteiger partial charge on any atom is -0.229 e. The fraction of sp³-hybridized carbons (Fsp3) is 1.00. The molecule has 1 unspecified atom stereocenters. The highest BCUT2D eigenvalue weighted by molar-refractivity contribution is 7.90. The Hall–Kier alpha value is 0.01000. The second-order valence-electron chi connectivity index (χ2n) is 1.56. The standard InChI is InChI=1S/C3H8O4PS/c1-9(5,6)3-2-7-8-4/h8H,2-3H2,1H3/q+1. The second kappa shape index (κ2) is 3.93. The van der Waals surface area contributed by atoms with Crippen molar-refractivity contribution < 1.29 is 17.5 Å². The third kappa shape index (κ3) is 8.01. The van der Waals surface area contributed by atoms with Gasteiger partial charge in [0.1, 0.15) is 16.4 Å². The first kappa shape index (κ1) is 9.01. The third-order valence-corrected chi connectivity index (χ3v) is 1.85. The topological polar surface area (TPSA) is 60.4 Å². The van der Waals surface area contributed by atoms with E-state index in [2.05, 4.69) is 4.52 Å². The maximum Gasteiger partial charge on any atom is 0.494 e. The van der Waals surface area contributed by atoms with Crippen molar-refractivity contribution in [2.75, 3.05) is 18.6 Å². The molecule has 0 fully saturated rings. The van der Waals surface area contributed by atoms with Crippen molar-refractivity contribution >= 4 is 18.5 Å². The fourth-order valence-corrected chi connectivity index (χ4v) is 0.954. The fourth-order valence-electron chi connectivity index (χ4n) is 0.235. The van der Waals surface area contributed by atoms with Crippen molar-refractivity contribution in [2.24, 2.45) is 0 Å². The lowest BCUT2D eigenvalue weighted by molar-refractivity contribution is 0.366. The Kier molecular flexibility index (Phi) is 3.93. The predicted molar refractivity (Wildman–Crippen MR) is 34.7 cm³/mol. The van der Waals surface area contributed by atoms with E-state index in [1.165, 1.54) is 0 Å². The van der Waals surface area contributed by atoms with Gasteiger partial charge >= 0.3 is 8.69 Å². The van der Waals surface area contributed by atoms with Crippen LogP contribution in [0.5, 0.6) is 0 Å². The van der Waals surface area contributed by atoms with Crippen LogP contribution in [0.2, 0.25) is 0 Å². The molecule has 0 N–H and O–H groups in total. The minimum absolute atomic E-state index is 0.0147. The molecule has 0 saturated carbocycles. The molecule has 0 rings (SSSR count). The Morgan fingerprint density at radius 1 is 1.56 bits per heavy atom. The monoisotopic (exact) mass is 171 g/mol. The van der Waals surface area contributed by atoms with Gasteiger partial charge in [-0.3, -0.25) is 0 Å². The van der Waals surface area contributed by atoms with Crippen LogP contribution in [0.15, 0.2) is 0 Å². The van der Waals surface area contributed by atoms with Gasteiger partial charge in [-0.15, -0.1) is 4.52 Å². The van der Waals surface area contributed by atoms with Crippen LogP contribution in [0, 0.1) is 0 Å². The summed E-state index contributed by atoms with van der Waals surface area (Å²) in [6.45, 7) is 0.0147. The van der Waals surface area contributed by atoms with Gasteiger partial charge in [0, 0.05) is 6.26 Å². The average Bonchev–Trinajstić information content (AvgIpc) is 1.63. The average molecular weight is 171 g/mol. The smallest absolute Gasteiger partial charge is 0.229 e. The minimum atomic E-state index is -2.96. The highest BCUT2D eigenvalue weighted by atomic mass is 32.2. The van der Waals surface area contributed by atoms with Crippen LogP contribution < -0.4 is 0 Å². The first-order valence-electron chi connectivity index (χ1n) is 2.23. The van der Waals surface area contributed by atoms with Gasteiger partial charge < -0.3 is 0 Å². The Morgan fingerprint density at radius 2 is 2.11 bits per heavy atom. The van der Waals surface area contributed by atoms with Gasteiger partial charge in [0.25, 0.3) is 0 Å². The lowest BCUT2D eigenvalue weighted by Crippen LogP contribution is -2.06. The van der Waals surface area contributed by atoms with Gasteiger partial charge in [0.15, 0.2) is 0 Å². The van der Waals surface area contributed by atoms with Crippen LogP contribution in [0.3, 0.4) is 0 Å². The summed E-state index contributed by atoms with van der Waals surface area (Å²) in [6, 6.07) is 0. The first-order valence-corrected chi connectivity index (χ1v) is 5.10. The highest BCUT2D eigenvalue weighted by Crippen LogP contribution is 1.93. The molecular weight excluding hydrogens is 163 g/mol. The molecule has 0 bridgehead atoms. The van der Waals surface area contributed by atoms with Gasteiger partial charge in [-0.25, -0.2) is 8.42 Å². The summed E-state index contributed by atoms with van der Waals surface area (Å²) in [7, 11) is -3.83. The molecule has 0 saturated heterocycles. The van der Waals surface area contributed by atoms with Crippen LogP contribution in [-0.2, 0) is 18.9 Å². The molecule has 0 aliphatic heterocycles. The lowest BCUT2D eigenvalue weighted by atomic mass is 10.9. The molecule has 0 amide bonds. The van der Waals surface area contributed by atoms with Crippen molar-refractivity contribution in [3.8, 4) is 0 Å². The van der Waals surface area contributed by atoms with Crippen LogP contribution in [0.25, 0.3) is 0 Å². The largest absolute Gasteiger partial charge is 0.494 e. The Morgan fingerprint density at radius 3 is 2.44 bits per heavy atom. The van der Waals surface area contributed by atoms with Crippen molar-refractivity contribution in [3.05, 3.63) is 0 Å². The molecule has 0 heterocycles. The summed E-state index contributed by atoms with van der Waals surface area (Å²) >= 11 is 0. The summed E-state index contributed by atoms with van der Waals surface area (Å²) in [5, 5.41) is 0. The summed E-state index contributed by atoms with van der Waals surface area (Å²) in [4.78, 5) is 0. The number of rotatable bonds is 4. The number of hydrogen-bond acceptors (Lipinski definition) is 4. The third-order valence-electron chi connectivity index (χ3n) is 0.615. The van der Waals surface area contributed by atoms with Gasteiger partial charge in [-0.1, -0.05) is 0 Å². The number of sulfone groups is 1. The summed E-state index contributed by atoms with van der Waals surface area (Å²) in [6.07, 6.45) is 1.10. The summed E-state index contributed by atoms with van der Waals surface area (Å²) < 4.78 is 34.6. The zero-order valence-corrected chi connectivity index (χ0v) is 6.77. The Balaban J connectivity index is 3.40. The molecule has 0 aliphatic carbocycles. The van der Waals surface area contributed by atoms with Gasteiger partial charge in [-0.05, 0) is 4.57 Å². The first-order chi connectivity index (χ1) is 4.06. The zero-order valence-electron chi connectivity index (χ0n) is 4.96. The van der Waals surface area contributed by atoms with E-state index in [9.17, 15) is 13.0 Å². The van der Waals surface area contributed by atoms with Crippen molar-refractivity contribution in [2.45, 2.75) is 0 Å². The van der Waals surface area contributed by atoms with Crippen molar-refractivity contribution in [1.82, 2.24) is 0 Å². The van der Waals surface area contributed by atoms with Crippen LogP contribution in [-0.4, -0.2) is 27.0 Å². The van der Waals surface area contributed by atoms with Crippen molar-refractivity contribution in [3.63, 3.8) is 0 Å². The zero-order chi connectivity index (χ0) is 7.33. The molecule has 4 nitrogen and oxygen atoms in total. The van der Waals surface area contributed by atoms with Gasteiger partial charge in [-0.2, -0.15) is 0 Å². The molecule has 0 radical (unpaired) electrons. The van der Waals surface area contributed by atoms with Crippen LogP contribution >= 0.6 is 8.69 Å². The molecule has 1 atom stereocenters. The second-order valence-corrected chi connectivity index (χ2v) is 4.28. The molecule has 6 heteroatoms. The Labute approximate surface area is 55.4 Å². The Bertz CT molecular complexity index is 172. The van der Waals surface area contributed by atoms with Crippen LogP contribution in [0.4, 0.5) is 0 Å². The van der Waals surface area contributed by atoms with E-state index in [4.69, 9.17) is 0 Å². The summed E-state index contributed by atoms with van der Waals surface area (Å²) in [5.74, 6) is -0.0672. The quantitative estimate of drug-likeness (QED) is 0.440. The predicted octanol–water partition coefficient (Wildman–Crippen LogP) is -0.0134. The maximum atomic E-state index is 10.3. The van der Waals surface area contributed by atoms with E-state index >= 15 is 0 Å². The SMILES string of the molecule is CS(=O)(=O)CCO[PH+]=O. The maximum absolute atomic E-state index is 10.3. The highest BCUT2D eigenvalue weighted by Gasteiger charge is 2.02. The van der Waals surface area contributed by atoms with Crippen LogP contribution in [0.1, 0.15) is 0 Å². The van der Waals surface area contributed by atoms with Gasteiger partial charge in [0.05, 0.1) is 5.75 Å². The number of hydrogen-bond donors (Lipinski definition) is 0. The molecule has 0 aromatic carbocycles. The van der Waals surface area contributed by atoms with E-state index < -0.39 is 18.5 Å². The van der Waals surface area contributed by atoms with E-state index in [0.717, 1.165) is 6.26 Å². The van der Waals surface area contributed by atoms with E-state index in [1.54, 1.807) is 0 Å². The lowest BCUT2D eigenvalue weighted by Gasteiger charge is -1.87. The molecule has 0 aliphatic rings.